The van der Waals surface area contributed by atoms with Gasteiger partial charge in [0.2, 0.25) is 5.91 Å². The van der Waals surface area contributed by atoms with Gasteiger partial charge in [-0.15, -0.1) is 0 Å². The number of ether oxygens (including phenoxy) is 1. The summed E-state index contributed by atoms with van der Waals surface area (Å²) in [6, 6.07) is 12.6. The predicted molar refractivity (Wildman–Crippen MR) is 96.2 cm³/mol. The monoisotopic (exact) mass is 341 g/mol. The second kappa shape index (κ2) is 8.87. The SMILES string of the molecule is COc1cc(CCNC(=O)CCc2ccc(C(=O)O)cc2)ccc1C. The van der Waals surface area contributed by atoms with E-state index < -0.39 is 5.97 Å². The minimum Gasteiger partial charge on any atom is -0.496 e. The average Bonchev–Trinajstić information content (AvgIpc) is 2.61. The fourth-order valence-corrected chi connectivity index (χ4v) is 2.53. The van der Waals surface area contributed by atoms with E-state index in [4.69, 9.17) is 9.84 Å². The van der Waals surface area contributed by atoms with Crippen molar-refractivity contribution >= 4 is 11.9 Å². The Kier molecular flexibility index (Phi) is 6.57. The number of rotatable bonds is 8. The molecule has 0 bridgehead atoms. The molecule has 0 aliphatic rings. The fraction of sp³-hybridized carbons (Fsp3) is 0.300. The van der Waals surface area contributed by atoms with Crippen molar-refractivity contribution in [3.63, 3.8) is 0 Å². The van der Waals surface area contributed by atoms with Crippen LogP contribution in [0.1, 0.15) is 33.5 Å². The molecule has 1 amide bonds. The Hall–Kier alpha value is -2.82. The van der Waals surface area contributed by atoms with Crippen LogP contribution in [0.3, 0.4) is 0 Å². The Balaban J connectivity index is 1.74. The van der Waals surface area contributed by atoms with Gasteiger partial charge in [0.1, 0.15) is 5.75 Å². The van der Waals surface area contributed by atoms with Gasteiger partial charge in [0.05, 0.1) is 12.7 Å². The van der Waals surface area contributed by atoms with Gasteiger partial charge < -0.3 is 15.2 Å². The predicted octanol–water partition coefficient (Wildman–Crippen LogP) is 2.99. The van der Waals surface area contributed by atoms with Gasteiger partial charge >= 0.3 is 5.97 Å². The number of aromatic carboxylic acids is 1. The highest BCUT2D eigenvalue weighted by Crippen LogP contribution is 2.19. The van der Waals surface area contributed by atoms with Gasteiger partial charge in [-0.2, -0.15) is 0 Å². The van der Waals surface area contributed by atoms with E-state index >= 15 is 0 Å². The molecule has 5 heteroatoms. The van der Waals surface area contributed by atoms with Gasteiger partial charge in [-0.25, -0.2) is 4.79 Å². The van der Waals surface area contributed by atoms with Crippen molar-refractivity contribution in [2.45, 2.75) is 26.2 Å². The zero-order valence-electron chi connectivity index (χ0n) is 14.5. The Bertz CT molecular complexity index is 738. The van der Waals surface area contributed by atoms with E-state index in [-0.39, 0.29) is 11.5 Å². The molecule has 0 spiro atoms. The van der Waals surface area contributed by atoms with Crippen LogP contribution in [0.25, 0.3) is 0 Å². The standard InChI is InChI=1S/C20H23NO4/c1-14-3-4-16(13-18(14)25-2)11-12-21-19(22)10-7-15-5-8-17(9-6-15)20(23)24/h3-6,8-9,13H,7,10-12H2,1-2H3,(H,21,22)(H,23,24). The van der Waals surface area contributed by atoms with Crippen molar-refractivity contribution in [3.8, 4) is 5.75 Å². The summed E-state index contributed by atoms with van der Waals surface area (Å²) in [4.78, 5) is 22.7. The third kappa shape index (κ3) is 5.64. The van der Waals surface area contributed by atoms with Crippen LogP contribution in [0.4, 0.5) is 0 Å². The quantitative estimate of drug-likeness (QED) is 0.774. The van der Waals surface area contributed by atoms with E-state index in [1.807, 2.05) is 25.1 Å². The molecular formula is C20H23NO4. The number of carboxylic acids is 1. The molecule has 0 aliphatic carbocycles. The topological polar surface area (TPSA) is 75.6 Å². The summed E-state index contributed by atoms with van der Waals surface area (Å²) < 4.78 is 5.30. The number of methoxy groups -OCH3 is 1. The maximum atomic E-state index is 11.9. The first-order valence-corrected chi connectivity index (χ1v) is 8.22. The number of nitrogens with one attached hydrogen (secondary N) is 1. The van der Waals surface area contributed by atoms with Crippen LogP contribution in [0.2, 0.25) is 0 Å². The highest BCUT2D eigenvalue weighted by molar-refractivity contribution is 5.87. The van der Waals surface area contributed by atoms with Gasteiger partial charge in [0.15, 0.2) is 0 Å². The zero-order chi connectivity index (χ0) is 18.2. The van der Waals surface area contributed by atoms with Crippen LogP contribution in [0.15, 0.2) is 42.5 Å². The molecule has 0 atom stereocenters. The molecule has 5 nitrogen and oxygen atoms in total. The Morgan fingerprint density at radius 1 is 1.04 bits per heavy atom. The van der Waals surface area contributed by atoms with Crippen molar-refractivity contribution in [3.05, 3.63) is 64.7 Å². The lowest BCUT2D eigenvalue weighted by Crippen LogP contribution is -2.25. The molecule has 132 valence electrons. The fourth-order valence-electron chi connectivity index (χ4n) is 2.53. The normalized spacial score (nSPS) is 10.3. The number of carbonyl (C=O) groups excluding carboxylic acids is 1. The van der Waals surface area contributed by atoms with Gasteiger partial charge in [0, 0.05) is 13.0 Å². The lowest BCUT2D eigenvalue weighted by Gasteiger charge is -2.09. The second-order valence-electron chi connectivity index (χ2n) is 5.91. The lowest BCUT2D eigenvalue weighted by molar-refractivity contribution is -0.121. The van der Waals surface area contributed by atoms with Gasteiger partial charge in [-0.1, -0.05) is 24.3 Å². The molecule has 0 unspecified atom stereocenters. The maximum absolute atomic E-state index is 11.9. The number of carbonyl (C=O) groups is 2. The van der Waals surface area contributed by atoms with E-state index in [0.717, 1.165) is 28.9 Å². The van der Waals surface area contributed by atoms with Crippen LogP contribution in [-0.4, -0.2) is 30.6 Å². The van der Waals surface area contributed by atoms with Crippen molar-refractivity contribution in [2.75, 3.05) is 13.7 Å². The summed E-state index contributed by atoms with van der Waals surface area (Å²) in [5, 5.41) is 11.8. The molecule has 0 saturated carbocycles. The van der Waals surface area contributed by atoms with E-state index in [1.165, 1.54) is 0 Å². The Morgan fingerprint density at radius 3 is 2.36 bits per heavy atom. The van der Waals surface area contributed by atoms with Gasteiger partial charge in [0.25, 0.3) is 0 Å². The molecule has 0 aliphatic heterocycles. The molecule has 0 aromatic heterocycles. The number of hydrogen-bond acceptors (Lipinski definition) is 3. The molecule has 2 rings (SSSR count). The second-order valence-corrected chi connectivity index (χ2v) is 5.91. The molecule has 2 N–H and O–H groups in total. The molecule has 2 aromatic carbocycles. The van der Waals surface area contributed by atoms with Crippen molar-refractivity contribution in [1.29, 1.82) is 0 Å². The number of benzene rings is 2. The molecule has 0 fully saturated rings. The zero-order valence-corrected chi connectivity index (χ0v) is 14.5. The molecule has 2 aromatic rings. The summed E-state index contributed by atoms with van der Waals surface area (Å²) in [6.07, 6.45) is 1.71. The van der Waals surface area contributed by atoms with Crippen LogP contribution in [0, 0.1) is 6.92 Å². The molecule has 25 heavy (non-hydrogen) atoms. The van der Waals surface area contributed by atoms with E-state index in [0.29, 0.717) is 19.4 Å². The van der Waals surface area contributed by atoms with Crippen LogP contribution < -0.4 is 10.1 Å². The Labute approximate surface area is 147 Å². The van der Waals surface area contributed by atoms with Crippen LogP contribution >= 0.6 is 0 Å². The minimum atomic E-state index is -0.947. The lowest BCUT2D eigenvalue weighted by atomic mass is 10.1. The van der Waals surface area contributed by atoms with E-state index in [1.54, 1.807) is 31.4 Å². The minimum absolute atomic E-state index is 0.0126. The van der Waals surface area contributed by atoms with Crippen LogP contribution in [-0.2, 0) is 17.6 Å². The largest absolute Gasteiger partial charge is 0.496 e. The van der Waals surface area contributed by atoms with Gasteiger partial charge in [-0.3, -0.25) is 4.79 Å². The summed E-state index contributed by atoms with van der Waals surface area (Å²) >= 11 is 0. The third-order valence-electron chi connectivity index (χ3n) is 4.05. The first-order chi connectivity index (χ1) is 12.0. The van der Waals surface area contributed by atoms with Crippen molar-refractivity contribution in [1.82, 2.24) is 5.32 Å². The summed E-state index contributed by atoms with van der Waals surface area (Å²) in [5.74, 6) is -0.105. The Morgan fingerprint density at radius 2 is 1.72 bits per heavy atom. The number of carboxylic acid groups (broad SMARTS) is 1. The number of hydrogen-bond donors (Lipinski definition) is 2. The van der Waals surface area contributed by atoms with Crippen molar-refractivity contribution < 1.29 is 19.4 Å². The molecule has 0 heterocycles. The van der Waals surface area contributed by atoms with Crippen LogP contribution in [0.5, 0.6) is 5.75 Å². The van der Waals surface area contributed by atoms with Gasteiger partial charge in [-0.05, 0) is 54.7 Å². The number of aryl methyl sites for hydroxylation is 2. The first-order valence-electron chi connectivity index (χ1n) is 8.22. The molecule has 0 radical (unpaired) electrons. The van der Waals surface area contributed by atoms with E-state index in [2.05, 4.69) is 5.32 Å². The summed E-state index contributed by atoms with van der Waals surface area (Å²) in [6.45, 7) is 2.57. The average molecular weight is 341 g/mol. The maximum Gasteiger partial charge on any atom is 0.335 e. The first kappa shape index (κ1) is 18.5. The molecular weight excluding hydrogens is 318 g/mol. The summed E-state index contributed by atoms with van der Waals surface area (Å²) in [5.41, 5.74) is 3.40. The highest BCUT2D eigenvalue weighted by Gasteiger charge is 2.05. The smallest absolute Gasteiger partial charge is 0.335 e. The summed E-state index contributed by atoms with van der Waals surface area (Å²) in [7, 11) is 1.65. The number of amides is 1. The van der Waals surface area contributed by atoms with Crippen molar-refractivity contribution in [2.24, 2.45) is 0 Å². The molecule has 0 saturated heterocycles. The highest BCUT2D eigenvalue weighted by atomic mass is 16.5. The third-order valence-corrected chi connectivity index (χ3v) is 4.05. The van der Waals surface area contributed by atoms with E-state index in [9.17, 15) is 9.59 Å².